The molecule has 0 saturated heterocycles. The third-order valence-electron chi connectivity index (χ3n) is 3.12. The molecule has 1 atom stereocenters. The first-order chi connectivity index (χ1) is 10.2. The molecule has 2 heterocycles. The van der Waals surface area contributed by atoms with Crippen molar-refractivity contribution in [2.45, 2.75) is 26.4 Å². The van der Waals surface area contributed by atoms with Crippen molar-refractivity contribution in [3.8, 4) is 11.5 Å². The first-order valence-electron chi connectivity index (χ1n) is 6.83. The lowest BCUT2D eigenvalue weighted by molar-refractivity contribution is 0.0518. The molecular formula is C14H16N4O2S. The van der Waals surface area contributed by atoms with Gasteiger partial charge in [-0.2, -0.15) is 4.98 Å². The summed E-state index contributed by atoms with van der Waals surface area (Å²) in [5.41, 5.74) is 7.45. The quantitative estimate of drug-likeness (QED) is 0.777. The summed E-state index contributed by atoms with van der Waals surface area (Å²) < 4.78 is 11.9. The molecule has 21 heavy (non-hydrogen) atoms. The number of hydrogen-bond donors (Lipinski definition) is 1. The summed E-state index contributed by atoms with van der Waals surface area (Å²) in [6.07, 6.45) is 0.673. The maximum absolute atomic E-state index is 5.71. The van der Waals surface area contributed by atoms with Crippen LogP contribution in [-0.4, -0.2) is 21.7 Å². The van der Waals surface area contributed by atoms with Crippen LogP contribution in [0.3, 0.4) is 0 Å². The summed E-state index contributed by atoms with van der Waals surface area (Å²) in [6, 6.07) is 5.77. The first-order valence-corrected chi connectivity index (χ1v) is 7.64. The van der Waals surface area contributed by atoms with Crippen LogP contribution in [0.1, 0.15) is 32.2 Å². The van der Waals surface area contributed by atoms with Crippen LogP contribution in [0.4, 0.5) is 5.13 Å². The number of benzene rings is 1. The number of nitrogens with two attached hydrogens (primary N) is 1. The zero-order chi connectivity index (χ0) is 14.8. The van der Waals surface area contributed by atoms with Gasteiger partial charge in [-0.25, -0.2) is 4.98 Å². The number of nitrogen functional groups attached to an aromatic ring is 1. The lowest BCUT2D eigenvalue weighted by atomic mass is 10.2. The Bertz CT molecular complexity index is 752. The molecule has 3 rings (SSSR count). The Labute approximate surface area is 125 Å². The highest BCUT2D eigenvalue weighted by molar-refractivity contribution is 7.22. The molecule has 0 bridgehead atoms. The predicted octanol–water partition coefficient (Wildman–Crippen LogP) is 3.42. The molecule has 0 spiro atoms. The fraction of sp³-hybridized carbons (Fsp3) is 0.357. The zero-order valence-electron chi connectivity index (χ0n) is 11.9. The lowest BCUT2D eigenvalue weighted by Crippen LogP contribution is -2.04. The highest BCUT2D eigenvalue weighted by Crippen LogP contribution is 2.29. The van der Waals surface area contributed by atoms with Crippen LogP contribution in [0, 0.1) is 0 Å². The topological polar surface area (TPSA) is 87.1 Å². The summed E-state index contributed by atoms with van der Waals surface area (Å²) in [6.45, 7) is 4.60. The van der Waals surface area contributed by atoms with Crippen LogP contribution in [0.25, 0.3) is 21.7 Å². The smallest absolute Gasteiger partial charge is 0.258 e. The molecule has 0 amide bonds. The van der Waals surface area contributed by atoms with Crippen molar-refractivity contribution in [1.29, 1.82) is 0 Å². The van der Waals surface area contributed by atoms with Crippen LogP contribution < -0.4 is 5.73 Å². The average molecular weight is 304 g/mol. The second-order valence-electron chi connectivity index (χ2n) is 4.54. The molecule has 110 valence electrons. The third kappa shape index (κ3) is 2.74. The predicted molar refractivity (Wildman–Crippen MR) is 82.0 cm³/mol. The van der Waals surface area contributed by atoms with E-state index in [4.69, 9.17) is 15.0 Å². The van der Waals surface area contributed by atoms with Gasteiger partial charge >= 0.3 is 0 Å². The van der Waals surface area contributed by atoms with Crippen molar-refractivity contribution in [3.05, 3.63) is 24.0 Å². The Hall–Kier alpha value is -1.99. The van der Waals surface area contributed by atoms with Crippen molar-refractivity contribution in [1.82, 2.24) is 15.1 Å². The van der Waals surface area contributed by atoms with Gasteiger partial charge in [-0.1, -0.05) is 23.4 Å². The number of rotatable bonds is 5. The number of nitrogens with zero attached hydrogens (tertiary/aromatic N) is 3. The summed E-state index contributed by atoms with van der Waals surface area (Å²) in [4.78, 5) is 8.66. The minimum Gasteiger partial charge on any atom is -0.375 e. The lowest BCUT2D eigenvalue weighted by Gasteiger charge is -2.09. The molecule has 0 aliphatic heterocycles. The van der Waals surface area contributed by atoms with E-state index >= 15 is 0 Å². The number of fused-ring (bicyclic) bond motifs is 1. The monoisotopic (exact) mass is 304 g/mol. The Kier molecular flexibility index (Phi) is 3.85. The molecule has 1 unspecified atom stereocenters. The van der Waals surface area contributed by atoms with E-state index in [1.54, 1.807) is 0 Å². The summed E-state index contributed by atoms with van der Waals surface area (Å²) in [5.74, 6) is 1.07. The van der Waals surface area contributed by atoms with Crippen molar-refractivity contribution in [3.63, 3.8) is 0 Å². The Morgan fingerprint density at radius 1 is 1.33 bits per heavy atom. The molecule has 3 aromatic rings. The molecule has 7 heteroatoms. The highest BCUT2D eigenvalue weighted by atomic mass is 32.1. The van der Waals surface area contributed by atoms with Gasteiger partial charge in [0.25, 0.3) is 5.89 Å². The maximum Gasteiger partial charge on any atom is 0.258 e. The van der Waals surface area contributed by atoms with Crippen LogP contribution in [0.2, 0.25) is 0 Å². The number of aromatic nitrogens is 3. The van der Waals surface area contributed by atoms with Crippen LogP contribution in [-0.2, 0) is 4.74 Å². The number of anilines is 1. The Morgan fingerprint density at radius 2 is 2.19 bits per heavy atom. The van der Waals surface area contributed by atoms with Gasteiger partial charge in [-0.3, -0.25) is 0 Å². The Morgan fingerprint density at radius 3 is 2.95 bits per heavy atom. The van der Waals surface area contributed by atoms with Crippen LogP contribution >= 0.6 is 11.3 Å². The first kappa shape index (κ1) is 14.0. The molecule has 2 aromatic heterocycles. The van der Waals surface area contributed by atoms with E-state index in [1.807, 2.05) is 32.0 Å². The molecular weight excluding hydrogens is 288 g/mol. The standard InChI is InChI=1S/C14H16N4O2S/c1-3-10(19-4-2)12-17-13(20-18-12)8-5-6-9-11(7-8)21-14(15)16-9/h5-7,10H,3-4H2,1-2H3,(H2,15,16). The van der Waals surface area contributed by atoms with Gasteiger partial charge < -0.3 is 15.0 Å². The van der Waals surface area contributed by atoms with E-state index < -0.39 is 0 Å². The normalized spacial score (nSPS) is 12.9. The van der Waals surface area contributed by atoms with Gasteiger partial charge in [0.15, 0.2) is 5.13 Å². The van der Waals surface area contributed by atoms with E-state index in [9.17, 15) is 0 Å². The molecule has 1 aromatic carbocycles. The second-order valence-corrected chi connectivity index (χ2v) is 5.61. The number of thiazole rings is 1. The minimum absolute atomic E-state index is 0.129. The molecule has 6 nitrogen and oxygen atoms in total. The van der Waals surface area contributed by atoms with E-state index in [1.165, 1.54) is 11.3 Å². The fourth-order valence-electron chi connectivity index (χ4n) is 2.13. The van der Waals surface area contributed by atoms with E-state index in [-0.39, 0.29) is 6.10 Å². The third-order valence-corrected chi connectivity index (χ3v) is 3.97. The van der Waals surface area contributed by atoms with Crippen molar-refractivity contribution < 1.29 is 9.26 Å². The van der Waals surface area contributed by atoms with E-state index in [0.717, 1.165) is 22.2 Å². The van der Waals surface area contributed by atoms with Crippen LogP contribution in [0.15, 0.2) is 22.7 Å². The van der Waals surface area contributed by atoms with Gasteiger partial charge in [0.2, 0.25) is 5.82 Å². The van der Waals surface area contributed by atoms with Crippen LogP contribution in [0.5, 0.6) is 0 Å². The molecule has 0 aliphatic carbocycles. The van der Waals surface area contributed by atoms with Crippen molar-refractivity contribution in [2.24, 2.45) is 0 Å². The van der Waals surface area contributed by atoms with Gasteiger partial charge in [0.05, 0.1) is 10.2 Å². The molecule has 0 fully saturated rings. The second kappa shape index (κ2) is 5.79. The van der Waals surface area contributed by atoms with Gasteiger partial charge in [0.1, 0.15) is 6.10 Å². The SMILES string of the molecule is CCOC(CC)c1noc(-c2ccc3nc(N)sc3c2)n1. The number of hydrogen-bond acceptors (Lipinski definition) is 7. The summed E-state index contributed by atoms with van der Waals surface area (Å²) in [5, 5.41) is 4.57. The molecule has 2 N–H and O–H groups in total. The molecule has 0 aliphatic rings. The van der Waals surface area contributed by atoms with Crippen molar-refractivity contribution >= 4 is 26.7 Å². The van der Waals surface area contributed by atoms with Crippen molar-refractivity contribution in [2.75, 3.05) is 12.3 Å². The fourth-order valence-corrected chi connectivity index (χ4v) is 2.91. The summed E-state index contributed by atoms with van der Waals surface area (Å²) >= 11 is 1.44. The minimum atomic E-state index is -0.129. The van der Waals surface area contributed by atoms with Gasteiger partial charge in [-0.15, -0.1) is 0 Å². The molecule has 0 radical (unpaired) electrons. The highest BCUT2D eigenvalue weighted by Gasteiger charge is 2.18. The van der Waals surface area contributed by atoms with E-state index in [0.29, 0.717) is 23.5 Å². The van der Waals surface area contributed by atoms with Gasteiger partial charge in [0, 0.05) is 12.2 Å². The average Bonchev–Trinajstić information content (AvgIpc) is 3.09. The molecule has 0 saturated carbocycles. The maximum atomic E-state index is 5.71. The summed E-state index contributed by atoms with van der Waals surface area (Å²) in [7, 11) is 0. The number of ether oxygens (including phenoxy) is 1. The van der Waals surface area contributed by atoms with Gasteiger partial charge in [-0.05, 0) is 31.5 Å². The zero-order valence-corrected chi connectivity index (χ0v) is 12.7. The van der Waals surface area contributed by atoms with E-state index in [2.05, 4.69) is 15.1 Å². The Balaban J connectivity index is 1.93. The largest absolute Gasteiger partial charge is 0.375 e.